The van der Waals surface area contributed by atoms with E-state index in [-0.39, 0.29) is 12.3 Å². The molecule has 1 N–H and O–H groups in total. The molecule has 0 unspecified atom stereocenters. The van der Waals surface area contributed by atoms with Crippen LogP contribution in [0, 0.1) is 0 Å². The summed E-state index contributed by atoms with van der Waals surface area (Å²) in [6.45, 7) is 3.19. The van der Waals surface area contributed by atoms with Crippen molar-refractivity contribution in [2.75, 3.05) is 50.7 Å². The monoisotopic (exact) mass is 356 g/mol. The maximum absolute atomic E-state index is 12.4. The van der Waals surface area contributed by atoms with Crippen LogP contribution < -0.4 is 19.7 Å². The van der Waals surface area contributed by atoms with E-state index in [1.165, 1.54) is 0 Å². The van der Waals surface area contributed by atoms with Gasteiger partial charge < -0.3 is 24.4 Å². The lowest BCUT2D eigenvalue weighted by atomic mass is 10.1. The van der Waals surface area contributed by atoms with E-state index in [9.17, 15) is 4.79 Å². The molecule has 0 aliphatic carbocycles. The fraction of sp³-hybridized carbons (Fsp3) is 0.350. The molecule has 6 heteroatoms. The second-order valence-corrected chi connectivity index (χ2v) is 6.06. The molecular weight excluding hydrogens is 332 g/mol. The van der Waals surface area contributed by atoms with E-state index >= 15 is 0 Å². The van der Waals surface area contributed by atoms with Gasteiger partial charge in [-0.05, 0) is 35.9 Å². The molecule has 0 saturated carbocycles. The van der Waals surface area contributed by atoms with Crippen molar-refractivity contribution < 1.29 is 19.0 Å². The highest BCUT2D eigenvalue weighted by atomic mass is 16.5. The second-order valence-electron chi connectivity index (χ2n) is 6.06. The number of hydrogen-bond acceptors (Lipinski definition) is 5. The second kappa shape index (κ2) is 8.58. The van der Waals surface area contributed by atoms with Crippen LogP contribution in [0.25, 0.3) is 0 Å². The van der Waals surface area contributed by atoms with E-state index in [1.54, 1.807) is 20.3 Å². The van der Waals surface area contributed by atoms with Crippen molar-refractivity contribution in [3.63, 3.8) is 0 Å². The lowest BCUT2D eigenvalue weighted by Crippen LogP contribution is -2.36. The normalized spacial score (nSPS) is 14.0. The zero-order valence-electron chi connectivity index (χ0n) is 15.2. The van der Waals surface area contributed by atoms with Crippen LogP contribution in [-0.4, -0.2) is 46.4 Å². The van der Waals surface area contributed by atoms with Gasteiger partial charge in [-0.25, -0.2) is 0 Å². The number of ether oxygens (including phenoxy) is 3. The zero-order valence-corrected chi connectivity index (χ0v) is 15.2. The van der Waals surface area contributed by atoms with E-state index < -0.39 is 0 Å². The van der Waals surface area contributed by atoms with Gasteiger partial charge in [0.25, 0.3) is 0 Å². The number of methoxy groups -OCH3 is 2. The molecule has 1 heterocycles. The Labute approximate surface area is 153 Å². The van der Waals surface area contributed by atoms with Crippen LogP contribution >= 0.6 is 0 Å². The number of rotatable bonds is 6. The first-order chi connectivity index (χ1) is 12.7. The maximum atomic E-state index is 12.4. The molecule has 26 heavy (non-hydrogen) atoms. The Hall–Kier alpha value is -2.73. The summed E-state index contributed by atoms with van der Waals surface area (Å²) in [6, 6.07) is 13.4. The van der Waals surface area contributed by atoms with Gasteiger partial charge in [-0.15, -0.1) is 0 Å². The molecule has 2 aromatic carbocycles. The highest BCUT2D eigenvalue weighted by Crippen LogP contribution is 2.28. The molecule has 0 aromatic heterocycles. The largest absolute Gasteiger partial charge is 0.493 e. The molecule has 3 rings (SSSR count). The van der Waals surface area contributed by atoms with Gasteiger partial charge in [0.1, 0.15) is 0 Å². The van der Waals surface area contributed by atoms with Crippen molar-refractivity contribution in [1.29, 1.82) is 0 Å². The Morgan fingerprint density at radius 1 is 1.08 bits per heavy atom. The third kappa shape index (κ3) is 4.46. The highest BCUT2D eigenvalue weighted by Gasteiger charge is 2.13. The van der Waals surface area contributed by atoms with E-state index in [0.717, 1.165) is 43.2 Å². The molecule has 1 aliphatic rings. The molecule has 138 valence electrons. The molecule has 0 spiro atoms. The number of carbonyl (C=O) groups excluding carboxylic acids is 1. The molecule has 1 amide bonds. The van der Waals surface area contributed by atoms with Crippen LogP contribution in [0.15, 0.2) is 42.5 Å². The minimum absolute atomic E-state index is 0.0728. The van der Waals surface area contributed by atoms with Gasteiger partial charge in [0.05, 0.1) is 33.9 Å². The summed E-state index contributed by atoms with van der Waals surface area (Å²) in [5.41, 5.74) is 2.75. The summed E-state index contributed by atoms with van der Waals surface area (Å²) in [6.07, 6.45) is 0.266. The van der Waals surface area contributed by atoms with E-state index in [2.05, 4.69) is 16.3 Å². The standard InChI is InChI=1S/C20H24N2O4/c1-24-18-7-6-15(12-19(18)25-2)13-20(23)21-16-4-3-5-17(14-16)22-8-10-26-11-9-22/h3-7,12,14H,8-11,13H2,1-2H3,(H,21,23). The summed E-state index contributed by atoms with van der Waals surface area (Å²) in [5.74, 6) is 1.19. The van der Waals surface area contributed by atoms with Crippen molar-refractivity contribution in [2.45, 2.75) is 6.42 Å². The van der Waals surface area contributed by atoms with Gasteiger partial charge in [0.2, 0.25) is 5.91 Å². The summed E-state index contributed by atoms with van der Waals surface area (Å²) in [5, 5.41) is 2.97. The lowest BCUT2D eigenvalue weighted by Gasteiger charge is -2.29. The van der Waals surface area contributed by atoms with E-state index in [4.69, 9.17) is 14.2 Å². The van der Waals surface area contributed by atoms with E-state index in [0.29, 0.717) is 11.5 Å². The predicted octanol–water partition coefficient (Wildman–Crippen LogP) is 2.72. The van der Waals surface area contributed by atoms with Crippen molar-refractivity contribution in [2.24, 2.45) is 0 Å². The first kappa shape index (κ1) is 18.1. The third-order valence-corrected chi connectivity index (χ3v) is 4.32. The lowest BCUT2D eigenvalue weighted by molar-refractivity contribution is -0.115. The molecule has 0 radical (unpaired) electrons. The first-order valence-corrected chi connectivity index (χ1v) is 8.63. The highest BCUT2D eigenvalue weighted by molar-refractivity contribution is 5.92. The quantitative estimate of drug-likeness (QED) is 0.862. The smallest absolute Gasteiger partial charge is 0.228 e. The number of nitrogens with one attached hydrogen (secondary N) is 1. The predicted molar refractivity (Wildman–Crippen MR) is 101 cm³/mol. The van der Waals surface area contributed by atoms with Crippen molar-refractivity contribution in [1.82, 2.24) is 0 Å². The van der Waals surface area contributed by atoms with Crippen molar-refractivity contribution in [3.05, 3.63) is 48.0 Å². The number of anilines is 2. The average Bonchev–Trinajstić information content (AvgIpc) is 2.68. The zero-order chi connectivity index (χ0) is 18.4. The molecule has 0 atom stereocenters. The van der Waals surface area contributed by atoms with Gasteiger partial charge in [-0.1, -0.05) is 12.1 Å². The van der Waals surface area contributed by atoms with Crippen LogP contribution in [0.2, 0.25) is 0 Å². The van der Waals surface area contributed by atoms with Gasteiger partial charge in [0.15, 0.2) is 11.5 Å². The molecule has 2 aromatic rings. The molecule has 1 fully saturated rings. The van der Waals surface area contributed by atoms with Gasteiger partial charge >= 0.3 is 0 Å². The number of benzene rings is 2. The summed E-state index contributed by atoms with van der Waals surface area (Å²) >= 11 is 0. The Morgan fingerprint density at radius 3 is 2.58 bits per heavy atom. The van der Waals surface area contributed by atoms with Crippen LogP contribution in [0.5, 0.6) is 11.5 Å². The Balaban J connectivity index is 1.64. The number of morpholine rings is 1. The Bertz CT molecular complexity index is 757. The van der Waals surface area contributed by atoms with Crippen LogP contribution in [0.4, 0.5) is 11.4 Å². The summed E-state index contributed by atoms with van der Waals surface area (Å²) in [4.78, 5) is 14.7. The minimum atomic E-state index is -0.0728. The fourth-order valence-electron chi connectivity index (χ4n) is 2.98. The van der Waals surface area contributed by atoms with Crippen LogP contribution in [0.1, 0.15) is 5.56 Å². The molecule has 6 nitrogen and oxygen atoms in total. The average molecular weight is 356 g/mol. The third-order valence-electron chi connectivity index (χ3n) is 4.32. The van der Waals surface area contributed by atoms with Gasteiger partial charge in [-0.2, -0.15) is 0 Å². The molecule has 0 bridgehead atoms. The molecule has 1 saturated heterocycles. The van der Waals surface area contributed by atoms with Gasteiger partial charge in [0, 0.05) is 24.5 Å². The number of amides is 1. The Morgan fingerprint density at radius 2 is 1.85 bits per heavy atom. The SMILES string of the molecule is COc1ccc(CC(=O)Nc2cccc(N3CCOCC3)c2)cc1OC. The van der Waals surface area contributed by atoms with Crippen molar-refractivity contribution >= 4 is 17.3 Å². The summed E-state index contributed by atoms with van der Waals surface area (Å²) < 4.78 is 15.9. The minimum Gasteiger partial charge on any atom is -0.493 e. The summed E-state index contributed by atoms with van der Waals surface area (Å²) in [7, 11) is 3.17. The number of carbonyl (C=O) groups is 1. The van der Waals surface area contributed by atoms with Crippen LogP contribution in [0.3, 0.4) is 0 Å². The topological polar surface area (TPSA) is 60.0 Å². The Kier molecular flexibility index (Phi) is 5.96. The number of hydrogen-bond donors (Lipinski definition) is 1. The first-order valence-electron chi connectivity index (χ1n) is 8.63. The fourth-order valence-corrected chi connectivity index (χ4v) is 2.98. The molecule has 1 aliphatic heterocycles. The van der Waals surface area contributed by atoms with Crippen molar-refractivity contribution in [3.8, 4) is 11.5 Å². The van der Waals surface area contributed by atoms with Crippen LogP contribution in [-0.2, 0) is 16.0 Å². The van der Waals surface area contributed by atoms with E-state index in [1.807, 2.05) is 30.3 Å². The van der Waals surface area contributed by atoms with Gasteiger partial charge in [-0.3, -0.25) is 4.79 Å². The maximum Gasteiger partial charge on any atom is 0.228 e. The number of nitrogens with zero attached hydrogens (tertiary/aromatic N) is 1. The molecular formula is C20H24N2O4.